The Morgan fingerprint density at radius 1 is 0.833 bits per heavy atom. The molecule has 1 saturated heterocycles. The van der Waals surface area contributed by atoms with Crippen LogP contribution in [0, 0.1) is 29.6 Å². The predicted molar refractivity (Wildman–Crippen MR) is 206 cm³/mol. The lowest BCUT2D eigenvalue weighted by atomic mass is 9.45. The highest BCUT2D eigenvalue weighted by atomic mass is 16.5. The minimum Gasteiger partial charge on any atom is -0.502 e. The van der Waals surface area contributed by atoms with Crippen molar-refractivity contribution in [3.8, 4) is 17.2 Å². The first-order valence-electron chi connectivity index (χ1n) is 18.4. The molecule has 1 saturated carbocycles. The molecule has 8 heteroatoms. The molecule has 0 unspecified atom stereocenters. The average molecular weight is 720 g/mol. The van der Waals surface area contributed by atoms with Crippen LogP contribution in [0.25, 0.3) is 11.6 Å². The van der Waals surface area contributed by atoms with Crippen LogP contribution in [0.1, 0.15) is 42.0 Å². The van der Waals surface area contributed by atoms with Gasteiger partial charge in [0.25, 0.3) is 0 Å². The van der Waals surface area contributed by atoms with Crippen molar-refractivity contribution < 1.29 is 33.8 Å². The van der Waals surface area contributed by atoms with Gasteiger partial charge in [-0.05, 0) is 77.8 Å². The van der Waals surface area contributed by atoms with Crippen LogP contribution < -0.4 is 14.4 Å². The molecule has 272 valence electrons. The highest BCUT2D eigenvalue weighted by Crippen LogP contribution is 2.61. The van der Waals surface area contributed by atoms with Gasteiger partial charge in [0, 0.05) is 17.4 Å². The number of Topliss-reactive ketones (excluding diaryl/α,β-unsaturated/α-hetero) is 1. The van der Waals surface area contributed by atoms with Crippen LogP contribution in [0.4, 0.5) is 5.69 Å². The van der Waals surface area contributed by atoms with E-state index in [-0.39, 0.29) is 47.1 Å². The van der Waals surface area contributed by atoms with E-state index in [1.807, 2.05) is 103 Å². The van der Waals surface area contributed by atoms with Crippen molar-refractivity contribution >= 4 is 40.7 Å². The molecule has 0 bridgehead atoms. The lowest BCUT2D eigenvalue weighted by Gasteiger charge is -2.54. The molecule has 0 spiro atoms. The Hall–Kier alpha value is -6.02. The van der Waals surface area contributed by atoms with Crippen LogP contribution >= 0.6 is 0 Å². The lowest BCUT2D eigenvalue weighted by Crippen LogP contribution is -2.59. The van der Waals surface area contributed by atoms with Gasteiger partial charge in [-0.1, -0.05) is 104 Å². The number of methoxy groups -OCH3 is 2. The smallest absolute Gasteiger partial charge is 0.238 e. The number of allylic oxidation sites excluding steroid dienone is 5. The third-order valence-electron chi connectivity index (χ3n) is 12.0. The zero-order chi connectivity index (χ0) is 37.7. The van der Waals surface area contributed by atoms with Gasteiger partial charge in [0.05, 0.1) is 37.2 Å². The maximum Gasteiger partial charge on any atom is 0.238 e. The Morgan fingerprint density at radius 2 is 1.48 bits per heavy atom. The first-order chi connectivity index (χ1) is 26.2. The first kappa shape index (κ1) is 35.0. The second kappa shape index (κ2) is 13.8. The quantitative estimate of drug-likeness (QED) is 0.148. The summed E-state index contributed by atoms with van der Waals surface area (Å²) in [6.45, 7) is 2.05. The van der Waals surface area contributed by atoms with Gasteiger partial charge in [-0.25, -0.2) is 0 Å². The Kier molecular flexibility index (Phi) is 8.92. The molecule has 4 aromatic rings. The predicted octanol–water partition coefficient (Wildman–Crippen LogP) is 7.55. The number of fused-ring (bicyclic) bond motifs is 4. The molecule has 1 aliphatic heterocycles. The second-order valence-electron chi connectivity index (χ2n) is 14.5. The summed E-state index contributed by atoms with van der Waals surface area (Å²) in [5.74, 6) is -3.85. The number of aryl methyl sites for hydroxylation is 1. The maximum absolute atomic E-state index is 15.2. The number of benzene rings is 4. The topological polar surface area (TPSA) is 110 Å². The summed E-state index contributed by atoms with van der Waals surface area (Å²) in [5, 5.41) is 10.6. The SMILES string of the molecule is CCc1ccc(N2C(=O)[C@H]3[C@H](CC=C4[C@H]3C[C@H]3C(=O)C(c5ccccc5)=CC(=O)[C@@]3(c3ccccc3)[C@H]4C=Cc3cc(OC)c(O)c(OC)c3)C2=O)cc1. The molecule has 8 rings (SSSR count). The van der Waals surface area contributed by atoms with E-state index in [2.05, 4.69) is 6.92 Å². The summed E-state index contributed by atoms with van der Waals surface area (Å²) in [4.78, 5) is 60.3. The maximum atomic E-state index is 15.2. The number of amides is 2. The molecule has 0 radical (unpaired) electrons. The first-order valence-corrected chi connectivity index (χ1v) is 18.4. The van der Waals surface area contributed by atoms with Crippen LogP contribution in [-0.4, -0.2) is 42.7 Å². The van der Waals surface area contributed by atoms with Crippen LogP contribution in [0.15, 0.2) is 121 Å². The number of carbonyl (C=O) groups excluding carboxylic acids is 4. The van der Waals surface area contributed by atoms with E-state index in [1.54, 1.807) is 12.1 Å². The number of nitrogens with zero attached hydrogens (tertiary/aromatic N) is 1. The molecule has 1 heterocycles. The van der Waals surface area contributed by atoms with Gasteiger partial charge >= 0.3 is 0 Å². The number of phenols is 1. The Balaban J connectivity index is 1.32. The molecule has 8 nitrogen and oxygen atoms in total. The van der Waals surface area contributed by atoms with Gasteiger partial charge in [0.15, 0.2) is 23.1 Å². The number of ether oxygens (including phenoxy) is 2. The molecular formula is C46H41NO7. The molecule has 4 aromatic carbocycles. The van der Waals surface area contributed by atoms with E-state index in [0.29, 0.717) is 34.4 Å². The van der Waals surface area contributed by atoms with E-state index in [1.165, 1.54) is 25.2 Å². The van der Waals surface area contributed by atoms with E-state index < -0.39 is 35.0 Å². The Labute approximate surface area is 314 Å². The minimum absolute atomic E-state index is 0.137. The fourth-order valence-electron chi connectivity index (χ4n) is 9.47. The van der Waals surface area contributed by atoms with Gasteiger partial charge < -0.3 is 14.6 Å². The van der Waals surface area contributed by atoms with Crippen molar-refractivity contribution in [2.24, 2.45) is 29.6 Å². The van der Waals surface area contributed by atoms with E-state index in [9.17, 15) is 14.7 Å². The number of anilines is 1. The van der Waals surface area contributed by atoms with Crippen molar-refractivity contribution in [1.82, 2.24) is 0 Å². The van der Waals surface area contributed by atoms with Gasteiger partial charge in [-0.2, -0.15) is 0 Å². The summed E-state index contributed by atoms with van der Waals surface area (Å²) in [5.41, 5.74) is 3.52. The molecule has 1 N–H and O–H groups in total. The number of carbonyl (C=O) groups is 4. The van der Waals surface area contributed by atoms with Crippen molar-refractivity contribution in [3.05, 3.63) is 143 Å². The zero-order valence-electron chi connectivity index (χ0n) is 30.4. The summed E-state index contributed by atoms with van der Waals surface area (Å²) in [6.07, 6.45) is 8.73. The van der Waals surface area contributed by atoms with E-state index >= 15 is 9.59 Å². The van der Waals surface area contributed by atoms with Crippen molar-refractivity contribution in [2.75, 3.05) is 19.1 Å². The number of hydrogen-bond donors (Lipinski definition) is 1. The minimum atomic E-state index is -1.34. The summed E-state index contributed by atoms with van der Waals surface area (Å²) in [7, 11) is 2.91. The summed E-state index contributed by atoms with van der Waals surface area (Å²) in [6, 6.07) is 29.6. The van der Waals surface area contributed by atoms with Crippen LogP contribution in [0.3, 0.4) is 0 Å². The van der Waals surface area contributed by atoms with E-state index in [0.717, 1.165) is 17.6 Å². The highest BCUT2D eigenvalue weighted by Gasteiger charge is 2.65. The Bertz CT molecular complexity index is 2230. The molecule has 2 amide bonds. The number of hydrogen-bond acceptors (Lipinski definition) is 7. The Morgan fingerprint density at radius 3 is 2.11 bits per heavy atom. The molecule has 0 aromatic heterocycles. The molecule has 6 atom stereocenters. The van der Waals surface area contributed by atoms with Gasteiger partial charge in [-0.15, -0.1) is 0 Å². The van der Waals surface area contributed by atoms with E-state index in [4.69, 9.17) is 9.47 Å². The van der Waals surface area contributed by atoms with Gasteiger partial charge in [0.2, 0.25) is 17.6 Å². The number of aromatic hydroxyl groups is 1. The third kappa shape index (κ3) is 5.34. The highest BCUT2D eigenvalue weighted by molar-refractivity contribution is 6.31. The monoisotopic (exact) mass is 719 g/mol. The normalized spacial score (nSPS) is 26.2. The van der Waals surface area contributed by atoms with Crippen molar-refractivity contribution in [2.45, 2.75) is 31.6 Å². The summed E-state index contributed by atoms with van der Waals surface area (Å²) < 4.78 is 10.9. The molecule has 54 heavy (non-hydrogen) atoms. The lowest BCUT2D eigenvalue weighted by molar-refractivity contribution is -0.135. The van der Waals surface area contributed by atoms with Crippen LogP contribution in [0.2, 0.25) is 0 Å². The average Bonchev–Trinajstić information content (AvgIpc) is 3.47. The van der Waals surface area contributed by atoms with Crippen molar-refractivity contribution in [3.63, 3.8) is 0 Å². The fourth-order valence-corrected chi connectivity index (χ4v) is 9.47. The molecule has 3 aliphatic carbocycles. The van der Waals surface area contributed by atoms with Crippen LogP contribution in [0.5, 0.6) is 17.2 Å². The number of ketones is 2. The molecular weight excluding hydrogens is 679 g/mol. The second-order valence-corrected chi connectivity index (χ2v) is 14.5. The largest absolute Gasteiger partial charge is 0.502 e. The van der Waals surface area contributed by atoms with Crippen LogP contribution in [-0.2, 0) is 31.0 Å². The number of rotatable bonds is 8. The third-order valence-corrected chi connectivity index (χ3v) is 12.0. The standard InChI is InChI=1S/C46H41NO7/c1-4-27-15-18-31(19-16-27)47-44(51)33-21-20-32-35(41(33)45(47)52)25-37-42(49)34(29-11-7-5-8-12-29)26-40(48)46(37,30-13-9-6-10-14-30)36(32)22-17-28-23-38(53-2)43(50)39(24-28)54-3/h5-20,22-24,26,33,35-37,41,50H,4,21,25H2,1-3H3/t33-,35+,36-,37-,41-,46-/m0/s1. The number of phenolic OH excluding ortho intramolecular Hbond substituents is 1. The van der Waals surface area contributed by atoms with Gasteiger partial charge in [0.1, 0.15) is 0 Å². The van der Waals surface area contributed by atoms with Crippen molar-refractivity contribution in [1.29, 1.82) is 0 Å². The number of imide groups is 1. The molecule has 2 fully saturated rings. The van der Waals surface area contributed by atoms with Gasteiger partial charge in [-0.3, -0.25) is 24.1 Å². The fraction of sp³-hybridized carbons (Fsp3) is 0.261. The summed E-state index contributed by atoms with van der Waals surface area (Å²) >= 11 is 0. The molecule has 4 aliphatic rings. The zero-order valence-corrected chi connectivity index (χ0v) is 30.4.